The summed E-state index contributed by atoms with van der Waals surface area (Å²) in [5, 5.41) is 0. The number of hydrogen-bond donors (Lipinski definition) is 0. The number of hydrogen-bond acceptors (Lipinski definition) is 4. The van der Waals surface area contributed by atoms with Gasteiger partial charge < -0.3 is 9.15 Å². The number of nitrogens with zero attached hydrogens (tertiary/aromatic N) is 1. The fourth-order valence-corrected chi connectivity index (χ4v) is 1.20. The molecule has 0 saturated heterocycles. The molecule has 0 aliphatic heterocycles. The first-order chi connectivity index (χ1) is 7.49. The number of benzene rings is 1. The quantitative estimate of drug-likeness (QED) is 0.745. The second-order valence-corrected chi connectivity index (χ2v) is 2.82. The van der Waals surface area contributed by atoms with Crippen molar-refractivity contribution in [3.8, 4) is 5.75 Å². The Kier molecular flexibility index (Phi) is 2.30. The molecular weight excluding hydrogens is 227 g/mol. The molecule has 0 unspecified atom stereocenters. The van der Waals surface area contributed by atoms with E-state index < -0.39 is 12.1 Å². The first-order valence-electron chi connectivity index (χ1n) is 4.10. The van der Waals surface area contributed by atoms with Crippen LogP contribution in [0.1, 0.15) is 10.7 Å². The molecule has 0 N–H and O–H groups in total. The highest BCUT2D eigenvalue weighted by atomic mass is 19.4. The topological polar surface area (TPSA) is 52.3 Å². The molecule has 2 aromatic rings. The maximum Gasteiger partial charge on any atom is 0.573 e. The first kappa shape index (κ1) is 10.5. The van der Waals surface area contributed by atoms with Crippen LogP contribution >= 0.6 is 0 Å². The number of aromatic nitrogens is 1. The molecule has 0 atom stereocenters. The average Bonchev–Trinajstić information content (AvgIpc) is 2.59. The van der Waals surface area contributed by atoms with E-state index in [0.29, 0.717) is 6.29 Å². The molecule has 84 valence electrons. The fourth-order valence-electron chi connectivity index (χ4n) is 1.20. The summed E-state index contributed by atoms with van der Waals surface area (Å²) < 4.78 is 44.5. The fraction of sp³-hybridized carbons (Fsp3) is 0.111. The molecule has 0 aliphatic carbocycles. The lowest BCUT2D eigenvalue weighted by molar-refractivity contribution is -0.274. The molecule has 4 nitrogen and oxygen atoms in total. The Morgan fingerprint density at radius 2 is 2.12 bits per heavy atom. The first-order valence-corrected chi connectivity index (χ1v) is 4.10. The molecule has 1 aromatic carbocycles. The Bertz CT molecular complexity index is 532. The summed E-state index contributed by atoms with van der Waals surface area (Å²) in [6.07, 6.45) is -4.51. The zero-order chi connectivity index (χ0) is 11.8. The highest BCUT2D eigenvalue weighted by molar-refractivity contribution is 5.83. The van der Waals surface area contributed by atoms with Gasteiger partial charge in [-0.2, -0.15) is 0 Å². The van der Waals surface area contributed by atoms with Crippen LogP contribution in [0.5, 0.6) is 5.75 Å². The summed E-state index contributed by atoms with van der Waals surface area (Å²) in [6, 6.07) is 3.81. The van der Waals surface area contributed by atoms with Gasteiger partial charge in [-0.1, -0.05) is 6.07 Å². The predicted molar refractivity (Wildman–Crippen MR) is 46.1 cm³/mol. The number of carbonyl (C=O) groups excluding carboxylic acids is 1. The number of carbonyl (C=O) groups is 1. The van der Waals surface area contributed by atoms with Crippen LogP contribution in [0, 0.1) is 0 Å². The van der Waals surface area contributed by atoms with E-state index in [-0.39, 0.29) is 17.0 Å². The summed E-state index contributed by atoms with van der Waals surface area (Å²) >= 11 is 0. The van der Waals surface area contributed by atoms with E-state index in [4.69, 9.17) is 4.42 Å². The van der Waals surface area contributed by atoms with Crippen LogP contribution in [0.25, 0.3) is 11.1 Å². The minimum absolute atomic E-state index is 0.129. The highest BCUT2D eigenvalue weighted by Crippen LogP contribution is 2.30. The standard InChI is InChI=1S/C9H4F3NO3/c10-9(11,12)16-6-3-1-2-5-8(6)15-7(4-14)13-5/h1-4H. The van der Waals surface area contributed by atoms with E-state index in [2.05, 4.69) is 9.72 Å². The van der Waals surface area contributed by atoms with Crippen LogP contribution in [-0.4, -0.2) is 17.6 Å². The molecule has 0 amide bonds. The van der Waals surface area contributed by atoms with Crippen molar-refractivity contribution < 1.29 is 27.1 Å². The van der Waals surface area contributed by atoms with Crippen molar-refractivity contribution in [1.82, 2.24) is 4.98 Å². The van der Waals surface area contributed by atoms with Crippen molar-refractivity contribution in [2.24, 2.45) is 0 Å². The van der Waals surface area contributed by atoms with E-state index in [9.17, 15) is 18.0 Å². The van der Waals surface area contributed by atoms with E-state index in [0.717, 1.165) is 6.07 Å². The monoisotopic (exact) mass is 231 g/mol. The molecule has 0 radical (unpaired) electrons. The lowest BCUT2D eigenvalue weighted by Crippen LogP contribution is -2.17. The number of para-hydroxylation sites is 1. The minimum atomic E-state index is -4.82. The molecule has 2 rings (SSSR count). The summed E-state index contributed by atoms with van der Waals surface area (Å²) in [7, 11) is 0. The third kappa shape index (κ3) is 1.97. The number of halogens is 3. The van der Waals surface area contributed by atoms with Crippen LogP contribution in [0.3, 0.4) is 0 Å². The zero-order valence-electron chi connectivity index (χ0n) is 7.62. The molecule has 0 saturated carbocycles. The van der Waals surface area contributed by atoms with Crippen LogP contribution in [0.4, 0.5) is 13.2 Å². The van der Waals surface area contributed by atoms with Gasteiger partial charge in [0, 0.05) is 0 Å². The van der Waals surface area contributed by atoms with Crippen LogP contribution in [-0.2, 0) is 0 Å². The van der Waals surface area contributed by atoms with E-state index >= 15 is 0 Å². The third-order valence-electron chi connectivity index (χ3n) is 1.72. The van der Waals surface area contributed by atoms with Gasteiger partial charge in [-0.3, -0.25) is 4.79 Å². The molecule has 1 aromatic heterocycles. The Labute approximate surface area is 86.6 Å². The van der Waals surface area contributed by atoms with Gasteiger partial charge in [-0.05, 0) is 12.1 Å². The van der Waals surface area contributed by atoms with Gasteiger partial charge in [-0.25, -0.2) is 4.98 Å². The summed E-state index contributed by atoms with van der Waals surface area (Å²) in [5.41, 5.74) is -0.0780. The number of rotatable bonds is 2. The molecular formula is C9H4F3NO3. The van der Waals surface area contributed by atoms with E-state index in [1.165, 1.54) is 12.1 Å². The molecule has 0 bridgehead atoms. The smallest absolute Gasteiger partial charge is 0.430 e. The maximum absolute atomic E-state index is 12.0. The molecule has 0 fully saturated rings. The predicted octanol–water partition coefficient (Wildman–Crippen LogP) is 2.54. The van der Waals surface area contributed by atoms with Gasteiger partial charge in [0.15, 0.2) is 11.3 Å². The Balaban J connectivity index is 2.52. The third-order valence-corrected chi connectivity index (χ3v) is 1.72. The SMILES string of the molecule is O=Cc1nc2cccc(OC(F)(F)F)c2o1. The maximum atomic E-state index is 12.0. The molecule has 1 heterocycles. The van der Waals surface area contributed by atoms with Gasteiger partial charge in [0.05, 0.1) is 0 Å². The van der Waals surface area contributed by atoms with Gasteiger partial charge in [0.1, 0.15) is 5.52 Å². The van der Waals surface area contributed by atoms with Crippen molar-refractivity contribution in [3.05, 3.63) is 24.1 Å². The van der Waals surface area contributed by atoms with E-state index in [1.54, 1.807) is 0 Å². The van der Waals surface area contributed by atoms with Crippen molar-refractivity contribution in [1.29, 1.82) is 0 Å². The summed E-state index contributed by atoms with van der Waals surface area (Å²) in [4.78, 5) is 14.0. The second kappa shape index (κ2) is 3.51. The van der Waals surface area contributed by atoms with Crippen molar-refractivity contribution in [2.75, 3.05) is 0 Å². The van der Waals surface area contributed by atoms with Gasteiger partial charge in [0.25, 0.3) is 5.89 Å². The summed E-state index contributed by atoms with van der Waals surface area (Å²) in [5.74, 6) is -0.821. The molecule has 7 heteroatoms. The Morgan fingerprint density at radius 3 is 2.75 bits per heavy atom. The number of ether oxygens (including phenoxy) is 1. The Morgan fingerprint density at radius 1 is 1.38 bits per heavy atom. The molecule has 0 spiro atoms. The van der Waals surface area contributed by atoms with Crippen molar-refractivity contribution in [3.63, 3.8) is 0 Å². The molecule has 16 heavy (non-hydrogen) atoms. The van der Waals surface area contributed by atoms with Gasteiger partial charge in [0.2, 0.25) is 6.29 Å². The second-order valence-electron chi connectivity index (χ2n) is 2.82. The number of aldehydes is 1. The largest absolute Gasteiger partial charge is 0.573 e. The molecule has 0 aliphatic rings. The average molecular weight is 231 g/mol. The minimum Gasteiger partial charge on any atom is -0.430 e. The highest BCUT2D eigenvalue weighted by Gasteiger charge is 2.32. The summed E-state index contributed by atoms with van der Waals surface area (Å²) in [6.45, 7) is 0. The lowest BCUT2D eigenvalue weighted by Gasteiger charge is -2.07. The Hall–Kier alpha value is -2.05. The normalized spacial score (nSPS) is 11.7. The van der Waals surface area contributed by atoms with Crippen LogP contribution < -0.4 is 4.74 Å². The van der Waals surface area contributed by atoms with Crippen molar-refractivity contribution in [2.45, 2.75) is 6.36 Å². The van der Waals surface area contributed by atoms with Crippen molar-refractivity contribution >= 4 is 17.4 Å². The van der Waals surface area contributed by atoms with Crippen LogP contribution in [0.15, 0.2) is 22.6 Å². The lowest BCUT2D eigenvalue weighted by atomic mass is 10.3. The zero-order valence-corrected chi connectivity index (χ0v) is 7.62. The van der Waals surface area contributed by atoms with Gasteiger partial charge in [-0.15, -0.1) is 13.2 Å². The van der Waals surface area contributed by atoms with E-state index in [1.807, 2.05) is 0 Å². The number of fused-ring (bicyclic) bond motifs is 1. The number of oxazole rings is 1. The number of alkyl halides is 3. The van der Waals surface area contributed by atoms with Gasteiger partial charge >= 0.3 is 6.36 Å². The van der Waals surface area contributed by atoms with Crippen LogP contribution in [0.2, 0.25) is 0 Å².